The van der Waals surface area contributed by atoms with Crippen molar-refractivity contribution in [3.8, 4) is 5.75 Å². The van der Waals surface area contributed by atoms with Crippen LogP contribution in [0.5, 0.6) is 5.75 Å². The minimum absolute atomic E-state index is 0.0381. The molecule has 2 atom stereocenters. The van der Waals surface area contributed by atoms with Crippen LogP contribution >= 0.6 is 0 Å². The number of rotatable bonds is 8. The molecule has 0 bridgehead atoms. The number of sulfonamides is 1. The first-order chi connectivity index (χ1) is 11.1. The van der Waals surface area contributed by atoms with Crippen LogP contribution in [0, 0.1) is 5.92 Å². The Kier molecular flexibility index (Phi) is 7.08. The van der Waals surface area contributed by atoms with Crippen molar-refractivity contribution in [3.63, 3.8) is 0 Å². The van der Waals surface area contributed by atoms with E-state index in [0.717, 1.165) is 6.26 Å². The molecule has 0 saturated heterocycles. The normalized spacial score (nSPS) is 14.1. The van der Waals surface area contributed by atoms with Gasteiger partial charge in [-0.3, -0.25) is 9.10 Å². The predicted octanol–water partition coefficient (Wildman–Crippen LogP) is 2.40. The average molecular weight is 356 g/mol. The van der Waals surface area contributed by atoms with Crippen LogP contribution in [0.3, 0.4) is 0 Å². The Morgan fingerprint density at radius 2 is 1.75 bits per heavy atom. The highest BCUT2D eigenvalue weighted by Gasteiger charge is 2.32. The number of hydrogen-bond acceptors (Lipinski definition) is 4. The number of nitrogens with zero attached hydrogens (tertiary/aromatic N) is 1. The molecule has 0 aliphatic heterocycles. The molecule has 6 nitrogen and oxygen atoms in total. The number of anilines is 1. The molecular weight excluding hydrogens is 328 g/mol. The highest BCUT2D eigenvalue weighted by molar-refractivity contribution is 7.92. The van der Waals surface area contributed by atoms with Gasteiger partial charge in [0.05, 0.1) is 19.1 Å². The summed E-state index contributed by atoms with van der Waals surface area (Å²) < 4.78 is 30.9. The molecule has 0 radical (unpaired) electrons. The maximum atomic E-state index is 12.6. The Labute approximate surface area is 145 Å². The molecule has 1 N–H and O–H groups in total. The molecule has 0 aromatic heterocycles. The second-order valence-corrected chi connectivity index (χ2v) is 8.08. The zero-order valence-electron chi connectivity index (χ0n) is 15.2. The number of carbonyl (C=O) groups is 1. The summed E-state index contributed by atoms with van der Waals surface area (Å²) >= 11 is 0. The van der Waals surface area contributed by atoms with Crippen LogP contribution in [0.2, 0.25) is 0 Å². The van der Waals surface area contributed by atoms with Gasteiger partial charge < -0.3 is 10.1 Å². The van der Waals surface area contributed by atoms with Crippen LogP contribution in [-0.2, 0) is 14.8 Å². The molecule has 0 aliphatic rings. The molecule has 1 amide bonds. The van der Waals surface area contributed by atoms with Crippen LogP contribution < -0.4 is 14.4 Å². The van der Waals surface area contributed by atoms with Gasteiger partial charge in [-0.25, -0.2) is 8.42 Å². The maximum absolute atomic E-state index is 12.6. The van der Waals surface area contributed by atoms with Crippen molar-refractivity contribution >= 4 is 21.6 Å². The molecule has 2 unspecified atom stereocenters. The van der Waals surface area contributed by atoms with Gasteiger partial charge in [0.15, 0.2) is 0 Å². The van der Waals surface area contributed by atoms with E-state index in [1.54, 1.807) is 38.3 Å². The summed E-state index contributed by atoms with van der Waals surface area (Å²) in [6.45, 7) is 7.72. The predicted molar refractivity (Wildman–Crippen MR) is 96.8 cm³/mol. The molecule has 1 rings (SSSR count). The first kappa shape index (κ1) is 20.3. The lowest BCUT2D eigenvalue weighted by molar-refractivity contribution is -0.123. The van der Waals surface area contributed by atoms with E-state index in [0.29, 0.717) is 17.9 Å². The van der Waals surface area contributed by atoms with Crippen LogP contribution in [-0.4, -0.2) is 39.8 Å². The molecule has 1 aromatic carbocycles. The maximum Gasteiger partial charge on any atom is 0.244 e. The largest absolute Gasteiger partial charge is 0.497 e. The van der Waals surface area contributed by atoms with Crippen molar-refractivity contribution < 1.29 is 17.9 Å². The van der Waals surface area contributed by atoms with Gasteiger partial charge in [-0.2, -0.15) is 0 Å². The van der Waals surface area contributed by atoms with Gasteiger partial charge in [-0.1, -0.05) is 20.8 Å². The zero-order chi connectivity index (χ0) is 18.5. The summed E-state index contributed by atoms with van der Waals surface area (Å²) in [5.74, 6) is 0.595. The molecule has 0 saturated carbocycles. The summed E-state index contributed by atoms with van der Waals surface area (Å²) in [6, 6.07) is 5.80. The number of carbonyl (C=O) groups excluding carboxylic acids is 1. The van der Waals surface area contributed by atoms with E-state index in [4.69, 9.17) is 4.74 Å². The van der Waals surface area contributed by atoms with Crippen LogP contribution in [0.1, 0.15) is 34.1 Å². The Balaban J connectivity index is 3.19. The van der Waals surface area contributed by atoms with Gasteiger partial charge in [0.25, 0.3) is 0 Å². The van der Waals surface area contributed by atoms with E-state index in [-0.39, 0.29) is 17.9 Å². The number of hydrogen-bond donors (Lipinski definition) is 1. The highest BCUT2D eigenvalue weighted by atomic mass is 32.2. The van der Waals surface area contributed by atoms with E-state index in [1.165, 1.54) is 4.31 Å². The van der Waals surface area contributed by atoms with Gasteiger partial charge in [0.1, 0.15) is 11.8 Å². The quantitative estimate of drug-likeness (QED) is 0.776. The first-order valence-corrected chi connectivity index (χ1v) is 9.90. The molecule has 1 aromatic rings. The Morgan fingerprint density at radius 1 is 1.21 bits per heavy atom. The number of benzene rings is 1. The molecule has 0 fully saturated rings. The third kappa shape index (κ3) is 5.12. The number of nitrogens with one attached hydrogen (secondary N) is 1. The van der Waals surface area contributed by atoms with Crippen molar-refractivity contribution in [2.45, 2.75) is 46.2 Å². The molecule has 24 heavy (non-hydrogen) atoms. The fraction of sp³-hybridized carbons (Fsp3) is 0.588. The molecular formula is C17H28N2O4S. The zero-order valence-corrected chi connectivity index (χ0v) is 16.1. The van der Waals surface area contributed by atoms with Crippen molar-refractivity contribution in [1.82, 2.24) is 5.32 Å². The van der Waals surface area contributed by atoms with Gasteiger partial charge in [-0.05, 0) is 43.5 Å². The van der Waals surface area contributed by atoms with Crippen molar-refractivity contribution in [1.29, 1.82) is 0 Å². The summed E-state index contributed by atoms with van der Waals surface area (Å²) in [7, 11) is -2.08. The number of methoxy groups -OCH3 is 1. The lowest BCUT2D eigenvalue weighted by Crippen LogP contribution is -2.51. The van der Waals surface area contributed by atoms with Gasteiger partial charge in [0, 0.05) is 6.04 Å². The SMILES string of the molecule is CCC(C(=O)NC(C)C(C)C)N(c1ccc(OC)cc1)S(C)(=O)=O. The van der Waals surface area contributed by atoms with E-state index in [1.807, 2.05) is 20.8 Å². The third-order valence-electron chi connectivity index (χ3n) is 4.03. The Hall–Kier alpha value is -1.76. The van der Waals surface area contributed by atoms with Gasteiger partial charge >= 0.3 is 0 Å². The highest BCUT2D eigenvalue weighted by Crippen LogP contribution is 2.25. The second kappa shape index (κ2) is 8.37. The van der Waals surface area contributed by atoms with Crippen LogP contribution in [0.15, 0.2) is 24.3 Å². The first-order valence-electron chi connectivity index (χ1n) is 8.05. The summed E-state index contributed by atoms with van der Waals surface area (Å²) in [5, 5.41) is 2.91. The minimum Gasteiger partial charge on any atom is -0.497 e. The Morgan fingerprint density at radius 3 is 2.12 bits per heavy atom. The van der Waals surface area contributed by atoms with E-state index in [9.17, 15) is 13.2 Å². The molecule has 0 aliphatic carbocycles. The Bertz CT molecular complexity index is 641. The standard InChI is InChI=1S/C17H28N2O4S/c1-7-16(17(20)18-13(4)12(2)3)19(24(6,21)22)14-8-10-15(23-5)11-9-14/h8-13,16H,7H2,1-6H3,(H,18,20). The minimum atomic E-state index is -3.62. The van der Waals surface area contributed by atoms with Crippen LogP contribution in [0.4, 0.5) is 5.69 Å². The summed E-state index contributed by atoms with van der Waals surface area (Å²) in [6.07, 6.45) is 1.48. The van der Waals surface area contributed by atoms with Gasteiger partial charge in [-0.15, -0.1) is 0 Å². The average Bonchev–Trinajstić information content (AvgIpc) is 2.51. The third-order valence-corrected chi connectivity index (χ3v) is 5.21. The second-order valence-electron chi connectivity index (χ2n) is 6.22. The van der Waals surface area contributed by atoms with E-state index in [2.05, 4.69) is 5.32 Å². The van der Waals surface area contributed by atoms with E-state index >= 15 is 0 Å². The topological polar surface area (TPSA) is 75.7 Å². The smallest absolute Gasteiger partial charge is 0.244 e. The number of ether oxygens (including phenoxy) is 1. The number of amides is 1. The fourth-order valence-electron chi connectivity index (χ4n) is 2.28. The monoisotopic (exact) mass is 356 g/mol. The summed E-state index contributed by atoms with van der Waals surface area (Å²) in [4.78, 5) is 12.6. The van der Waals surface area contributed by atoms with Crippen molar-refractivity contribution in [2.75, 3.05) is 17.7 Å². The van der Waals surface area contributed by atoms with E-state index < -0.39 is 16.1 Å². The van der Waals surface area contributed by atoms with Crippen LogP contribution in [0.25, 0.3) is 0 Å². The van der Waals surface area contributed by atoms with Crippen molar-refractivity contribution in [3.05, 3.63) is 24.3 Å². The molecule has 7 heteroatoms. The lowest BCUT2D eigenvalue weighted by atomic mass is 10.1. The lowest BCUT2D eigenvalue weighted by Gasteiger charge is -2.31. The fourth-order valence-corrected chi connectivity index (χ4v) is 3.49. The molecule has 136 valence electrons. The van der Waals surface area contributed by atoms with Crippen molar-refractivity contribution in [2.24, 2.45) is 5.92 Å². The van der Waals surface area contributed by atoms with Gasteiger partial charge in [0.2, 0.25) is 15.9 Å². The summed E-state index contributed by atoms with van der Waals surface area (Å²) in [5.41, 5.74) is 0.442. The molecule has 0 spiro atoms. The molecule has 0 heterocycles.